The van der Waals surface area contributed by atoms with E-state index in [0.717, 1.165) is 30.4 Å². The van der Waals surface area contributed by atoms with Crippen LogP contribution in [0, 0.1) is 15.3 Å². The van der Waals surface area contributed by atoms with Crippen LogP contribution in [0.1, 0.15) is 50.7 Å². The Balaban J connectivity index is 2.05. The molecule has 0 aliphatic heterocycles. The molecule has 0 atom stereocenters. The van der Waals surface area contributed by atoms with Crippen LogP contribution in [-0.2, 0) is 0 Å². The topological polar surface area (TPSA) is 82.3 Å². The van der Waals surface area contributed by atoms with E-state index in [2.05, 4.69) is 0 Å². The maximum absolute atomic E-state index is 12.0. The monoisotopic (exact) mass is 266 g/mol. The molecule has 6 heteroatoms. The second-order valence-corrected chi connectivity index (χ2v) is 4.92. The van der Waals surface area contributed by atoms with Crippen LogP contribution < -0.4 is 0 Å². The molecule has 0 unspecified atom stereocenters. The summed E-state index contributed by atoms with van der Waals surface area (Å²) in [5, 5.41) is 22.5. The number of hydroxylamine groups is 1. The highest BCUT2D eigenvalue weighted by molar-refractivity contribution is 5.72. The molecule has 0 bridgehead atoms. The minimum absolute atomic E-state index is 0.0375. The van der Waals surface area contributed by atoms with Gasteiger partial charge in [-0.05, 0) is 18.9 Å². The van der Waals surface area contributed by atoms with Gasteiger partial charge in [-0.1, -0.05) is 19.3 Å². The molecule has 1 aliphatic carbocycles. The molecule has 6 nitrogen and oxygen atoms in total. The molecule has 0 spiro atoms. The SMILES string of the molecule is O=[N+]([O-])c1ccc(/C=[N+](\[O-])C2CCCCCCC2)o1. The first kappa shape index (κ1) is 13.6. The first-order valence-corrected chi connectivity index (χ1v) is 6.71. The van der Waals surface area contributed by atoms with Crippen molar-refractivity contribution >= 4 is 12.1 Å². The minimum Gasteiger partial charge on any atom is -0.624 e. The summed E-state index contributed by atoms with van der Waals surface area (Å²) in [6, 6.07) is 2.67. The van der Waals surface area contributed by atoms with Crippen molar-refractivity contribution in [2.75, 3.05) is 0 Å². The van der Waals surface area contributed by atoms with Crippen LogP contribution in [0.3, 0.4) is 0 Å². The van der Waals surface area contributed by atoms with Gasteiger partial charge in [-0.15, -0.1) is 0 Å². The van der Waals surface area contributed by atoms with Crippen LogP contribution in [0.5, 0.6) is 0 Å². The van der Waals surface area contributed by atoms with Crippen molar-refractivity contribution in [3.63, 3.8) is 0 Å². The maximum Gasteiger partial charge on any atom is 0.433 e. The quantitative estimate of drug-likeness (QED) is 0.276. The normalized spacial score (nSPS) is 18.8. The molecular weight excluding hydrogens is 248 g/mol. The summed E-state index contributed by atoms with van der Waals surface area (Å²) in [4.78, 5) is 9.88. The number of rotatable bonds is 3. The third-order valence-corrected chi connectivity index (χ3v) is 3.48. The highest BCUT2D eigenvalue weighted by Gasteiger charge is 2.19. The lowest BCUT2D eigenvalue weighted by molar-refractivity contribution is -0.499. The molecule has 1 aromatic rings. The molecule has 0 aromatic carbocycles. The van der Waals surface area contributed by atoms with Crippen molar-refractivity contribution in [1.82, 2.24) is 0 Å². The van der Waals surface area contributed by atoms with Crippen LogP contribution in [0.4, 0.5) is 5.88 Å². The Bertz CT molecular complexity index is 459. The number of hydrogen-bond acceptors (Lipinski definition) is 4. The highest BCUT2D eigenvalue weighted by atomic mass is 16.6. The second kappa shape index (κ2) is 6.36. The maximum atomic E-state index is 12.0. The van der Waals surface area contributed by atoms with Crippen molar-refractivity contribution in [3.05, 3.63) is 33.2 Å². The molecule has 0 amide bonds. The lowest BCUT2D eigenvalue weighted by atomic mass is 9.97. The average Bonchev–Trinajstić information content (AvgIpc) is 2.76. The second-order valence-electron chi connectivity index (χ2n) is 4.92. The minimum atomic E-state index is -0.609. The van der Waals surface area contributed by atoms with E-state index in [4.69, 9.17) is 4.42 Å². The molecule has 104 valence electrons. The number of nitrogens with zero attached hydrogens (tertiary/aromatic N) is 2. The van der Waals surface area contributed by atoms with Crippen molar-refractivity contribution in [2.45, 2.75) is 51.0 Å². The zero-order valence-electron chi connectivity index (χ0n) is 10.8. The van der Waals surface area contributed by atoms with Crippen molar-refractivity contribution in [3.8, 4) is 0 Å². The van der Waals surface area contributed by atoms with Gasteiger partial charge >= 0.3 is 5.88 Å². The number of nitro groups is 1. The molecular formula is C13H18N2O4. The smallest absolute Gasteiger partial charge is 0.433 e. The van der Waals surface area contributed by atoms with E-state index in [-0.39, 0.29) is 17.7 Å². The summed E-state index contributed by atoms with van der Waals surface area (Å²) in [5.74, 6) is -0.0962. The first-order chi connectivity index (χ1) is 9.16. The summed E-state index contributed by atoms with van der Waals surface area (Å²) in [6.45, 7) is 0. The van der Waals surface area contributed by atoms with E-state index in [0.29, 0.717) is 0 Å². The molecule has 0 radical (unpaired) electrons. The van der Waals surface area contributed by atoms with Crippen LogP contribution in [-0.4, -0.2) is 21.9 Å². The van der Waals surface area contributed by atoms with Gasteiger partial charge in [-0.2, -0.15) is 0 Å². The van der Waals surface area contributed by atoms with E-state index in [1.807, 2.05) is 0 Å². The van der Waals surface area contributed by atoms with Crippen LogP contribution in [0.25, 0.3) is 0 Å². The molecule has 2 rings (SSSR count). The lowest BCUT2D eigenvalue weighted by Crippen LogP contribution is -2.23. The van der Waals surface area contributed by atoms with Crippen LogP contribution in [0.15, 0.2) is 16.5 Å². The third-order valence-electron chi connectivity index (χ3n) is 3.48. The highest BCUT2D eigenvalue weighted by Crippen LogP contribution is 2.20. The van der Waals surface area contributed by atoms with Crippen molar-refractivity contribution < 1.29 is 14.1 Å². The number of hydrogen-bond donors (Lipinski definition) is 0. The summed E-state index contributed by atoms with van der Waals surface area (Å²) in [7, 11) is 0. The Morgan fingerprint density at radius 1 is 1.11 bits per heavy atom. The summed E-state index contributed by atoms with van der Waals surface area (Å²) >= 11 is 0. The fourth-order valence-corrected chi connectivity index (χ4v) is 2.43. The standard InChI is InChI=1S/C13H18N2O4/c16-14(11-6-4-2-1-3-5-7-11)10-12-8-9-13(19-12)15(17)18/h8-11H,1-7H2/b14-10-. The van der Waals surface area contributed by atoms with E-state index in [1.165, 1.54) is 37.6 Å². The molecule has 0 N–H and O–H groups in total. The first-order valence-electron chi connectivity index (χ1n) is 6.71. The fourth-order valence-electron chi connectivity index (χ4n) is 2.43. The Kier molecular flexibility index (Phi) is 4.54. The van der Waals surface area contributed by atoms with E-state index in [9.17, 15) is 15.3 Å². The van der Waals surface area contributed by atoms with Gasteiger partial charge in [0.2, 0.25) is 6.21 Å². The Morgan fingerprint density at radius 3 is 2.32 bits per heavy atom. The van der Waals surface area contributed by atoms with Gasteiger partial charge in [0, 0.05) is 12.8 Å². The van der Waals surface area contributed by atoms with Gasteiger partial charge in [0.25, 0.3) is 0 Å². The molecule has 1 fully saturated rings. The van der Waals surface area contributed by atoms with Gasteiger partial charge in [0.1, 0.15) is 4.92 Å². The summed E-state index contributed by atoms with van der Waals surface area (Å²) in [5.41, 5.74) is 0. The fraction of sp³-hybridized carbons (Fsp3) is 0.615. The van der Waals surface area contributed by atoms with Gasteiger partial charge in [-0.3, -0.25) is 10.1 Å². The van der Waals surface area contributed by atoms with E-state index < -0.39 is 4.92 Å². The lowest BCUT2D eigenvalue weighted by Gasteiger charge is -2.18. The number of furan rings is 1. The van der Waals surface area contributed by atoms with Crippen molar-refractivity contribution in [2.24, 2.45) is 0 Å². The Morgan fingerprint density at radius 2 is 1.74 bits per heavy atom. The zero-order chi connectivity index (χ0) is 13.7. The van der Waals surface area contributed by atoms with E-state index in [1.54, 1.807) is 0 Å². The zero-order valence-corrected chi connectivity index (χ0v) is 10.8. The van der Waals surface area contributed by atoms with E-state index >= 15 is 0 Å². The van der Waals surface area contributed by atoms with Crippen LogP contribution in [0.2, 0.25) is 0 Å². The summed E-state index contributed by atoms with van der Waals surface area (Å²) < 4.78 is 5.86. The Labute approximate surface area is 111 Å². The van der Waals surface area contributed by atoms with Gasteiger partial charge < -0.3 is 9.62 Å². The molecule has 1 aliphatic rings. The summed E-state index contributed by atoms with van der Waals surface area (Å²) in [6.07, 6.45) is 8.81. The molecule has 1 heterocycles. The third kappa shape index (κ3) is 3.81. The van der Waals surface area contributed by atoms with Gasteiger partial charge in [0.05, 0.1) is 6.07 Å². The molecule has 1 aromatic heterocycles. The van der Waals surface area contributed by atoms with Crippen molar-refractivity contribution in [1.29, 1.82) is 0 Å². The van der Waals surface area contributed by atoms with Gasteiger partial charge in [-0.25, -0.2) is 4.74 Å². The van der Waals surface area contributed by atoms with Crippen LogP contribution >= 0.6 is 0 Å². The molecule has 0 saturated heterocycles. The Hall–Kier alpha value is -1.85. The average molecular weight is 266 g/mol. The molecule has 19 heavy (non-hydrogen) atoms. The predicted molar refractivity (Wildman–Crippen MR) is 70.3 cm³/mol. The predicted octanol–water partition coefficient (Wildman–Crippen LogP) is 3.23. The largest absolute Gasteiger partial charge is 0.624 e. The van der Waals surface area contributed by atoms with Gasteiger partial charge in [0.15, 0.2) is 11.8 Å². The molecule has 1 saturated carbocycles.